The number of nitrogens with one attached hydrogen (secondary N) is 1. The van der Waals surface area contributed by atoms with E-state index in [1.165, 1.54) is 26.2 Å². The zero-order valence-corrected chi connectivity index (χ0v) is 12.8. The highest BCUT2D eigenvalue weighted by Crippen LogP contribution is 2.17. The standard InChI is InChI=1S/C12H20N2O5S/c1-8(2)11(12(15)16)13-7-9-5-6-10(19-9)20(17,18)14(3)4/h5-6,8,11,13H,7H2,1-4H3,(H,15,16). The highest BCUT2D eigenvalue weighted by molar-refractivity contribution is 7.88. The predicted octanol–water partition coefficient (Wildman–Crippen LogP) is 0.729. The zero-order chi connectivity index (χ0) is 15.5. The molecular formula is C12H20N2O5S. The quantitative estimate of drug-likeness (QED) is 0.770. The van der Waals surface area contributed by atoms with Gasteiger partial charge in [-0.3, -0.25) is 10.1 Å². The average Bonchev–Trinajstić information content (AvgIpc) is 2.77. The Morgan fingerprint density at radius 1 is 1.40 bits per heavy atom. The van der Waals surface area contributed by atoms with Crippen molar-refractivity contribution in [3.63, 3.8) is 0 Å². The second-order valence-corrected chi connectivity index (χ2v) is 7.03. The lowest BCUT2D eigenvalue weighted by Gasteiger charge is -2.16. The highest BCUT2D eigenvalue weighted by atomic mass is 32.2. The number of hydrogen-bond donors (Lipinski definition) is 2. The molecule has 20 heavy (non-hydrogen) atoms. The first kappa shape index (κ1) is 16.7. The molecule has 2 N–H and O–H groups in total. The number of carboxylic acid groups (broad SMARTS) is 1. The van der Waals surface area contributed by atoms with Gasteiger partial charge in [0, 0.05) is 14.1 Å². The van der Waals surface area contributed by atoms with E-state index in [9.17, 15) is 13.2 Å². The number of hydrogen-bond acceptors (Lipinski definition) is 5. The Morgan fingerprint density at radius 2 is 2.00 bits per heavy atom. The molecular weight excluding hydrogens is 284 g/mol. The average molecular weight is 304 g/mol. The summed E-state index contributed by atoms with van der Waals surface area (Å²) in [5, 5.41) is 11.7. The van der Waals surface area contributed by atoms with Crippen LogP contribution in [0, 0.1) is 5.92 Å². The fraction of sp³-hybridized carbons (Fsp3) is 0.583. The summed E-state index contributed by atoms with van der Waals surface area (Å²) in [5.74, 6) is -0.669. The zero-order valence-electron chi connectivity index (χ0n) is 12.0. The van der Waals surface area contributed by atoms with Crippen molar-refractivity contribution in [1.29, 1.82) is 0 Å². The minimum Gasteiger partial charge on any atom is -0.480 e. The summed E-state index contributed by atoms with van der Waals surface area (Å²) in [6.45, 7) is 3.73. The lowest BCUT2D eigenvalue weighted by Crippen LogP contribution is -2.40. The van der Waals surface area contributed by atoms with Gasteiger partial charge in [0.05, 0.1) is 6.54 Å². The van der Waals surface area contributed by atoms with E-state index in [2.05, 4.69) is 5.32 Å². The molecule has 114 valence electrons. The van der Waals surface area contributed by atoms with Crippen LogP contribution in [0.25, 0.3) is 0 Å². The molecule has 0 aliphatic rings. The summed E-state index contributed by atoms with van der Waals surface area (Å²) in [6.07, 6.45) is 0. The maximum atomic E-state index is 11.8. The van der Waals surface area contributed by atoms with Crippen LogP contribution in [0.4, 0.5) is 0 Å². The molecule has 0 saturated carbocycles. The van der Waals surface area contributed by atoms with Crippen LogP contribution in [-0.4, -0.2) is 43.9 Å². The van der Waals surface area contributed by atoms with Crippen LogP contribution >= 0.6 is 0 Å². The van der Waals surface area contributed by atoms with Gasteiger partial charge in [0.1, 0.15) is 11.8 Å². The fourth-order valence-corrected chi connectivity index (χ4v) is 2.40. The Kier molecular flexibility index (Phi) is 5.32. The van der Waals surface area contributed by atoms with Crippen LogP contribution < -0.4 is 5.32 Å². The number of carboxylic acids is 1. The van der Waals surface area contributed by atoms with Crippen molar-refractivity contribution in [2.45, 2.75) is 31.5 Å². The molecule has 1 rings (SSSR count). The maximum Gasteiger partial charge on any atom is 0.320 e. The normalized spacial score (nSPS) is 13.9. The summed E-state index contributed by atoms with van der Waals surface area (Å²) < 4.78 is 29.9. The van der Waals surface area contributed by atoms with Crippen molar-refractivity contribution in [3.05, 3.63) is 17.9 Å². The molecule has 1 atom stereocenters. The van der Waals surface area contributed by atoms with Gasteiger partial charge in [0.25, 0.3) is 10.0 Å². The first-order valence-corrected chi connectivity index (χ1v) is 7.57. The molecule has 0 aliphatic carbocycles. The molecule has 0 spiro atoms. The number of rotatable bonds is 7. The van der Waals surface area contributed by atoms with Crippen LogP contribution in [-0.2, 0) is 21.4 Å². The summed E-state index contributed by atoms with van der Waals surface area (Å²) in [6, 6.07) is 2.16. The lowest BCUT2D eigenvalue weighted by molar-refractivity contribution is -0.140. The van der Waals surface area contributed by atoms with Gasteiger partial charge < -0.3 is 9.52 Å². The number of nitrogens with zero attached hydrogens (tertiary/aromatic N) is 1. The third-order valence-electron chi connectivity index (χ3n) is 2.80. The molecule has 0 amide bonds. The third-order valence-corrected chi connectivity index (χ3v) is 4.49. The first-order valence-electron chi connectivity index (χ1n) is 6.13. The summed E-state index contributed by atoms with van der Waals surface area (Å²) >= 11 is 0. The smallest absolute Gasteiger partial charge is 0.320 e. The van der Waals surface area contributed by atoms with E-state index in [0.717, 1.165) is 4.31 Å². The SMILES string of the molecule is CC(C)C(NCc1ccc(S(=O)(=O)N(C)C)o1)C(=O)O. The molecule has 8 heteroatoms. The van der Waals surface area contributed by atoms with E-state index in [-0.39, 0.29) is 17.6 Å². The van der Waals surface area contributed by atoms with Crippen molar-refractivity contribution < 1.29 is 22.7 Å². The van der Waals surface area contributed by atoms with Gasteiger partial charge in [0.15, 0.2) is 0 Å². The molecule has 1 heterocycles. The molecule has 0 saturated heterocycles. The predicted molar refractivity (Wildman–Crippen MR) is 72.7 cm³/mol. The molecule has 7 nitrogen and oxygen atoms in total. The number of furan rings is 1. The molecule has 1 unspecified atom stereocenters. The van der Waals surface area contributed by atoms with E-state index in [1.807, 2.05) is 0 Å². The Labute approximate surface area is 118 Å². The van der Waals surface area contributed by atoms with Crippen LogP contribution in [0.5, 0.6) is 0 Å². The van der Waals surface area contributed by atoms with Crippen LogP contribution in [0.2, 0.25) is 0 Å². The minimum atomic E-state index is -3.60. The molecule has 0 radical (unpaired) electrons. The van der Waals surface area contributed by atoms with E-state index < -0.39 is 22.0 Å². The maximum absolute atomic E-state index is 11.8. The Morgan fingerprint density at radius 3 is 2.45 bits per heavy atom. The van der Waals surface area contributed by atoms with E-state index in [0.29, 0.717) is 5.76 Å². The van der Waals surface area contributed by atoms with Gasteiger partial charge in [-0.05, 0) is 18.1 Å². The Bertz CT molecular complexity index is 562. The van der Waals surface area contributed by atoms with Crippen molar-refractivity contribution in [3.8, 4) is 0 Å². The van der Waals surface area contributed by atoms with Crippen LogP contribution in [0.1, 0.15) is 19.6 Å². The minimum absolute atomic E-state index is 0.0903. The first-order chi connectivity index (χ1) is 9.16. The molecule has 1 aromatic heterocycles. The molecule has 1 aromatic rings. The van der Waals surface area contributed by atoms with Crippen molar-refractivity contribution in [2.24, 2.45) is 5.92 Å². The van der Waals surface area contributed by atoms with Gasteiger partial charge >= 0.3 is 5.97 Å². The monoisotopic (exact) mass is 304 g/mol. The van der Waals surface area contributed by atoms with Gasteiger partial charge in [-0.15, -0.1) is 0 Å². The van der Waals surface area contributed by atoms with Gasteiger partial charge in [0.2, 0.25) is 5.09 Å². The summed E-state index contributed by atoms with van der Waals surface area (Å²) in [7, 11) is -0.781. The molecule has 0 aromatic carbocycles. The number of aliphatic carboxylic acids is 1. The summed E-state index contributed by atoms with van der Waals surface area (Å²) in [5.41, 5.74) is 0. The van der Waals surface area contributed by atoms with Gasteiger partial charge in [-0.25, -0.2) is 12.7 Å². The topological polar surface area (TPSA) is 99.9 Å². The Hall–Kier alpha value is -1.38. The highest BCUT2D eigenvalue weighted by Gasteiger charge is 2.23. The second kappa shape index (κ2) is 6.38. The largest absolute Gasteiger partial charge is 0.480 e. The van der Waals surface area contributed by atoms with Crippen molar-refractivity contribution in [2.75, 3.05) is 14.1 Å². The second-order valence-electron chi connectivity index (χ2n) is 4.95. The Balaban J connectivity index is 2.77. The molecule has 0 bridgehead atoms. The van der Waals surface area contributed by atoms with E-state index in [1.54, 1.807) is 13.8 Å². The fourth-order valence-electron chi connectivity index (χ4n) is 1.59. The van der Waals surface area contributed by atoms with Crippen LogP contribution in [0.15, 0.2) is 21.6 Å². The lowest BCUT2D eigenvalue weighted by atomic mass is 10.1. The third kappa shape index (κ3) is 3.81. The van der Waals surface area contributed by atoms with E-state index in [4.69, 9.17) is 9.52 Å². The van der Waals surface area contributed by atoms with Crippen molar-refractivity contribution in [1.82, 2.24) is 9.62 Å². The van der Waals surface area contributed by atoms with Gasteiger partial charge in [-0.2, -0.15) is 0 Å². The van der Waals surface area contributed by atoms with E-state index >= 15 is 0 Å². The summed E-state index contributed by atoms with van der Waals surface area (Å²) in [4.78, 5) is 11.0. The number of carbonyl (C=O) groups is 1. The molecule has 0 aliphatic heterocycles. The van der Waals surface area contributed by atoms with Gasteiger partial charge in [-0.1, -0.05) is 13.8 Å². The van der Waals surface area contributed by atoms with Crippen molar-refractivity contribution >= 4 is 16.0 Å². The molecule has 0 fully saturated rings. The van der Waals surface area contributed by atoms with Crippen LogP contribution in [0.3, 0.4) is 0 Å². The number of sulfonamides is 1.